The fourth-order valence-corrected chi connectivity index (χ4v) is 2.64. The second kappa shape index (κ2) is 6.69. The Morgan fingerprint density at radius 1 is 1.22 bits per heavy atom. The van der Waals surface area contributed by atoms with Crippen LogP contribution in [0, 0.1) is 0 Å². The molecule has 2 aromatic carbocycles. The van der Waals surface area contributed by atoms with Gasteiger partial charge in [0.2, 0.25) is 5.91 Å². The van der Waals surface area contributed by atoms with Crippen molar-refractivity contribution in [2.75, 3.05) is 11.9 Å². The summed E-state index contributed by atoms with van der Waals surface area (Å²) < 4.78 is 5.49. The van der Waals surface area contributed by atoms with Crippen molar-refractivity contribution in [3.8, 4) is 5.75 Å². The summed E-state index contributed by atoms with van der Waals surface area (Å²) in [7, 11) is 0. The molecule has 1 aliphatic rings. The fraction of sp³-hybridized carbons (Fsp3) is 0.250. The molecule has 0 spiro atoms. The Labute approximate surface area is 137 Å². The van der Waals surface area contributed by atoms with Gasteiger partial charge in [0.05, 0.1) is 6.61 Å². The third-order valence-corrected chi connectivity index (χ3v) is 3.96. The van der Waals surface area contributed by atoms with Crippen molar-refractivity contribution in [2.24, 2.45) is 0 Å². The third kappa shape index (κ3) is 3.81. The maximum atomic E-state index is 12.1. The van der Waals surface area contributed by atoms with Gasteiger partial charge in [0.1, 0.15) is 5.75 Å². The number of hydrogen-bond acceptors (Lipinski definition) is 2. The second-order valence-corrected chi connectivity index (χ2v) is 6.07. The van der Waals surface area contributed by atoms with Crippen molar-refractivity contribution in [1.29, 1.82) is 0 Å². The fourth-order valence-electron chi connectivity index (χ4n) is 2.64. The molecule has 23 heavy (non-hydrogen) atoms. The molecule has 0 atom stereocenters. The summed E-state index contributed by atoms with van der Waals surface area (Å²) in [6, 6.07) is 14.0. The van der Waals surface area contributed by atoms with Gasteiger partial charge >= 0.3 is 0 Å². The Balaban J connectivity index is 1.66. The van der Waals surface area contributed by atoms with Crippen LogP contribution in [-0.2, 0) is 11.2 Å². The van der Waals surface area contributed by atoms with Crippen LogP contribution >= 0.6 is 0 Å². The molecule has 3 heteroatoms. The maximum absolute atomic E-state index is 12.1. The number of benzene rings is 2. The van der Waals surface area contributed by atoms with Gasteiger partial charge in [0, 0.05) is 18.2 Å². The van der Waals surface area contributed by atoms with E-state index in [0.29, 0.717) is 5.92 Å². The Morgan fingerprint density at radius 2 is 2.09 bits per heavy atom. The van der Waals surface area contributed by atoms with Crippen LogP contribution in [-0.4, -0.2) is 12.5 Å². The van der Waals surface area contributed by atoms with Gasteiger partial charge in [-0.3, -0.25) is 4.79 Å². The van der Waals surface area contributed by atoms with Crippen molar-refractivity contribution >= 4 is 17.7 Å². The summed E-state index contributed by atoms with van der Waals surface area (Å²) in [5, 5.41) is 2.91. The number of rotatable bonds is 4. The summed E-state index contributed by atoms with van der Waals surface area (Å²) in [4.78, 5) is 12.1. The first-order chi connectivity index (χ1) is 11.1. The van der Waals surface area contributed by atoms with Crippen molar-refractivity contribution in [1.82, 2.24) is 0 Å². The number of hydrogen-bond donors (Lipinski definition) is 1. The van der Waals surface area contributed by atoms with Crippen LogP contribution in [0.5, 0.6) is 5.75 Å². The molecule has 0 radical (unpaired) electrons. The standard InChI is InChI=1S/C20H21NO2/c1-14(2)16-4-3-5-18(13-16)21-20(22)9-7-15-6-8-19-17(12-15)10-11-23-19/h3-9,12-14H,10-11H2,1-2H3,(H,21,22)/b9-7+. The van der Waals surface area contributed by atoms with Gasteiger partial charge in [-0.15, -0.1) is 0 Å². The van der Waals surface area contributed by atoms with E-state index >= 15 is 0 Å². The lowest BCUT2D eigenvalue weighted by Crippen LogP contribution is -2.08. The number of anilines is 1. The monoisotopic (exact) mass is 307 g/mol. The lowest BCUT2D eigenvalue weighted by molar-refractivity contribution is -0.111. The second-order valence-electron chi connectivity index (χ2n) is 6.07. The van der Waals surface area contributed by atoms with Gasteiger partial charge in [-0.2, -0.15) is 0 Å². The topological polar surface area (TPSA) is 38.3 Å². The zero-order valence-electron chi connectivity index (χ0n) is 13.5. The van der Waals surface area contributed by atoms with Crippen LogP contribution in [0.25, 0.3) is 6.08 Å². The van der Waals surface area contributed by atoms with Crippen LogP contribution in [0.4, 0.5) is 5.69 Å². The number of ether oxygens (including phenoxy) is 1. The Morgan fingerprint density at radius 3 is 2.91 bits per heavy atom. The van der Waals surface area contributed by atoms with Crippen molar-refractivity contribution in [3.63, 3.8) is 0 Å². The lowest BCUT2D eigenvalue weighted by atomic mass is 10.0. The summed E-state index contributed by atoms with van der Waals surface area (Å²) in [6.45, 7) is 5.02. The minimum Gasteiger partial charge on any atom is -0.493 e. The highest BCUT2D eigenvalue weighted by Gasteiger charge is 2.11. The van der Waals surface area contributed by atoms with Gasteiger partial charge in [0.25, 0.3) is 0 Å². The number of amides is 1. The first-order valence-electron chi connectivity index (χ1n) is 7.96. The van der Waals surface area contributed by atoms with Crippen LogP contribution in [0.2, 0.25) is 0 Å². The highest BCUT2D eigenvalue weighted by molar-refractivity contribution is 6.02. The van der Waals surface area contributed by atoms with Crippen molar-refractivity contribution in [2.45, 2.75) is 26.2 Å². The van der Waals surface area contributed by atoms with E-state index < -0.39 is 0 Å². The number of carbonyl (C=O) groups excluding carboxylic acids is 1. The van der Waals surface area contributed by atoms with Crippen LogP contribution in [0.3, 0.4) is 0 Å². The van der Waals surface area contributed by atoms with Gasteiger partial charge in [-0.1, -0.05) is 32.0 Å². The molecule has 118 valence electrons. The molecule has 0 bridgehead atoms. The predicted molar refractivity (Wildman–Crippen MR) is 93.8 cm³/mol. The largest absolute Gasteiger partial charge is 0.493 e. The zero-order chi connectivity index (χ0) is 16.2. The molecule has 1 aliphatic heterocycles. The lowest BCUT2D eigenvalue weighted by Gasteiger charge is -2.08. The smallest absolute Gasteiger partial charge is 0.248 e. The van der Waals surface area contributed by atoms with Crippen molar-refractivity contribution < 1.29 is 9.53 Å². The molecular weight excluding hydrogens is 286 g/mol. The Hall–Kier alpha value is -2.55. The zero-order valence-corrected chi connectivity index (χ0v) is 13.5. The van der Waals surface area contributed by atoms with E-state index in [2.05, 4.69) is 31.3 Å². The Kier molecular flexibility index (Phi) is 4.47. The SMILES string of the molecule is CC(C)c1cccc(NC(=O)/C=C/c2ccc3c(c2)CCO3)c1. The van der Waals surface area contributed by atoms with Crippen LogP contribution < -0.4 is 10.1 Å². The normalized spacial score (nSPS) is 13.2. The molecule has 0 aliphatic carbocycles. The van der Waals surface area contributed by atoms with Crippen molar-refractivity contribution in [3.05, 3.63) is 65.2 Å². The number of nitrogens with one attached hydrogen (secondary N) is 1. The average Bonchev–Trinajstić information content (AvgIpc) is 3.01. The van der Waals surface area contributed by atoms with Gasteiger partial charge in [-0.25, -0.2) is 0 Å². The molecular formula is C20H21NO2. The molecule has 0 unspecified atom stereocenters. The average molecular weight is 307 g/mol. The highest BCUT2D eigenvalue weighted by Crippen LogP contribution is 2.26. The summed E-state index contributed by atoms with van der Waals surface area (Å²) in [5.41, 5.74) is 4.26. The van der Waals surface area contributed by atoms with Gasteiger partial charge in [0.15, 0.2) is 0 Å². The van der Waals surface area contributed by atoms with E-state index in [1.54, 1.807) is 6.08 Å². The highest BCUT2D eigenvalue weighted by atomic mass is 16.5. The molecule has 3 nitrogen and oxygen atoms in total. The first kappa shape index (κ1) is 15.3. The quantitative estimate of drug-likeness (QED) is 0.850. The number of carbonyl (C=O) groups is 1. The van der Waals surface area contributed by atoms with Crippen LogP contribution in [0.15, 0.2) is 48.5 Å². The van der Waals surface area contributed by atoms with E-state index in [1.165, 1.54) is 11.1 Å². The van der Waals surface area contributed by atoms with Gasteiger partial charge < -0.3 is 10.1 Å². The molecule has 1 amide bonds. The van der Waals surface area contributed by atoms with Crippen LogP contribution in [0.1, 0.15) is 36.5 Å². The van der Waals surface area contributed by atoms with E-state index in [-0.39, 0.29) is 5.91 Å². The molecule has 0 aromatic heterocycles. The first-order valence-corrected chi connectivity index (χ1v) is 7.96. The number of fused-ring (bicyclic) bond motifs is 1. The van der Waals surface area contributed by atoms with E-state index in [1.807, 2.05) is 36.4 Å². The summed E-state index contributed by atoms with van der Waals surface area (Å²) in [5.74, 6) is 1.27. The molecule has 2 aromatic rings. The molecule has 0 saturated carbocycles. The third-order valence-electron chi connectivity index (χ3n) is 3.96. The molecule has 1 N–H and O–H groups in total. The minimum absolute atomic E-state index is 0.123. The molecule has 3 rings (SSSR count). The van der Waals surface area contributed by atoms with E-state index in [4.69, 9.17) is 4.74 Å². The Bertz CT molecular complexity index is 747. The minimum atomic E-state index is -0.123. The van der Waals surface area contributed by atoms with E-state index in [9.17, 15) is 4.79 Å². The maximum Gasteiger partial charge on any atom is 0.248 e. The summed E-state index contributed by atoms with van der Waals surface area (Å²) >= 11 is 0. The molecule has 1 heterocycles. The summed E-state index contributed by atoms with van der Waals surface area (Å²) in [6.07, 6.45) is 4.34. The van der Waals surface area contributed by atoms with E-state index in [0.717, 1.165) is 30.0 Å². The predicted octanol–water partition coefficient (Wildman–Crippen LogP) is 4.40. The van der Waals surface area contributed by atoms with Gasteiger partial charge in [-0.05, 0) is 52.9 Å². The molecule has 0 fully saturated rings. The molecule has 0 saturated heterocycles.